The Morgan fingerprint density at radius 2 is 1.96 bits per heavy atom. The Balaban J connectivity index is 3.56. The van der Waals surface area contributed by atoms with Gasteiger partial charge in [0.2, 0.25) is 0 Å². The number of carbonyl (C=O) groups excluding carboxylic acids is 1. The lowest BCUT2D eigenvalue weighted by molar-refractivity contribution is -0.109. The van der Waals surface area contributed by atoms with Crippen LogP contribution in [0.15, 0.2) is 72.0 Å². The topological polar surface area (TPSA) is 20.3 Å². The van der Waals surface area contributed by atoms with Gasteiger partial charge in [-0.2, -0.15) is 0 Å². The van der Waals surface area contributed by atoms with E-state index in [2.05, 4.69) is 90.0 Å². The fraction of sp³-hybridized carbons (Fsp3) is 0.500. The first kappa shape index (κ1) is 23.9. The van der Waals surface area contributed by atoms with Crippen molar-refractivity contribution in [3.63, 3.8) is 0 Å². The number of nitrogens with zero attached hydrogens (tertiary/aromatic N) is 1. The fourth-order valence-electron chi connectivity index (χ4n) is 4.22. The van der Waals surface area contributed by atoms with Crippen LogP contribution in [0.2, 0.25) is 0 Å². The lowest BCUT2D eigenvalue weighted by Gasteiger charge is -2.36. The van der Waals surface area contributed by atoms with Crippen molar-refractivity contribution in [1.82, 2.24) is 4.90 Å². The van der Waals surface area contributed by atoms with Gasteiger partial charge in [-0.1, -0.05) is 70.4 Å². The lowest BCUT2D eigenvalue weighted by Crippen LogP contribution is -2.39. The third-order valence-corrected chi connectivity index (χ3v) is 6.17. The summed E-state index contributed by atoms with van der Waals surface area (Å²) in [7, 11) is 0. The second kappa shape index (κ2) is 10.5. The molecule has 0 amide bonds. The van der Waals surface area contributed by atoms with E-state index < -0.39 is 0 Å². The van der Waals surface area contributed by atoms with Gasteiger partial charge in [-0.25, -0.2) is 0 Å². The maximum absolute atomic E-state index is 11.6. The van der Waals surface area contributed by atoms with E-state index in [1.165, 1.54) is 16.8 Å². The molecule has 0 spiro atoms. The molecule has 154 valence electrons. The minimum absolute atomic E-state index is 0.107. The first-order valence-corrected chi connectivity index (χ1v) is 10.4. The summed E-state index contributed by atoms with van der Waals surface area (Å²) in [4.78, 5) is 14.0. The van der Waals surface area contributed by atoms with Crippen LogP contribution in [0.3, 0.4) is 0 Å². The first-order chi connectivity index (χ1) is 13.2. The van der Waals surface area contributed by atoms with E-state index in [1.54, 1.807) is 0 Å². The minimum atomic E-state index is -0.107. The molecular weight excluding hydrogens is 342 g/mol. The molecule has 2 unspecified atom stereocenters. The standard InChI is InChI=1S/C26H39NO/c1-10-13-14-15-24(20(5)12-3)27-22(7)23(18-21(6)19(4)11-2)26(8,9)25(27)16-17-28/h10-13,15,17-18,21-22,25H,2,4,14,16H2,1,3,5-9H3/b13-10-,20-12-,23-18-,24-15+/t21?,22-,25?/m0/s1. The van der Waals surface area contributed by atoms with Crippen molar-refractivity contribution in [1.29, 1.82) is 0 Å². The van der Waals surface area contributed by atoms with Gasteiger partial charge in [0.1, 0.15) is 6.29 Å². The fourth-order valence-corrected chi connectivity index (χ4v) is 4.22. The largest absolute Gasteiger partial charge is 0.361 e. The molecule has 0 aromatic rings. The summed E-state index contributed by atoms with van der Waals surface area (Å²) in [5.41, 5.74) is 4.76. The number of rotatable bonds is 9. The van der Waals surface area contributed by atoms with Crippen LogP contribution in [0.4, 0.5) is 0 Å². The molecule has 2 heteroatoms. The summed E-state index contributed by atoms with van der Waals surface area (Å²) in [5.74, 6) is 0.226. The van der Waals surface area contributed by atoms with Gasteiger partial charge in [0.15, 0.2) is 0 Å². The zero-order valence-electron chi connectivity index (χ0n) is 19.0. The van der Waals surface area contributed by atoms with Crippen LogP contribution in [0, 0.1) is 11.3 Å². The van der Waals surface area contributed by atoms with Crippen molar-refractivity contribution in [2.45, 2.75) is 73.4 Å². The van der Waals surface area contributed by atoms with Crippen molar-refractivity contribution >= 4 is 6.29 Å². The normalized spacial score (nSPS) is 25.4. The Morgan fingerprint density at radius 3 is 2.46 bits per heavy atom. The van der Waals surface area contributed by atoms with E-state index in [9.17, 15) is 4.79 Å². The molecule has 0 aliphatic carbocycles. The van der Waals surface area contributed by atoms with Crippen LogP contribution in [-0.4, -0.2) is 23.3 Å². The second-order valence-electron chi connectivity index (χ2n) is 8.28. The summed E-state index contributed by atoms with van der Waals surface area (Å²) in [6.45, 7) is 23.2. The van der Waals surface area contributed by atoms with Gasteiger partial charge in [0, 0.05) is 29.6 Å². The van der Waals surface area contributed by atoms with Gasteiger partial charge in [0.25, 0.3) is 0 Å². The molecule has 1 fully saturated rings. The molecule has 0 radical (unpaired) electrons. The second-order valence-corrected chi connectivity index (χ2v) is 8.28. The summed E-state index contributed by atoms with van der Waals surface area (Å²) in [6.07, 6.45) is 15.3. The zero-order valence-corrected chi connectivity index (χ0v) is 19.0. The molecule has 1 heterocycles. The number of hydrogen-bond acceptors (Lipinski definition) is 2. The molecule has 0 bridgehead atoms. The van der Waals surface area contributed by atoms with Crippen LogP contribution in [0.25, 0.3) is 0 Å². The molecule has 0 saturated carbocycles. The molecule has 1 saturated heterocycles. The van der Waals surface area contributed by atoms with Crippen molar-refractivity contribution in [2.24, 2.45) is 11.3 Å². The van der Waals surface area contributed by atoms with Gasteiger partial charge < -0.3 is 9.69 Å². The number of carbonyl (C=O) groups is 1. The molecule has 0 aromatic heterocycles. The van der Waals surface area contributed by atoms with Gasteiger partial charge in [0.05, 0.1) is 0 Å². The minimum Gasteiger partial charge on any atom is -0.361 e. The van der Waals surface area contributed by atoms with Crippen molar-refractivity contribution in [3.8, 4) is 0 Å². The average Bonchev–Trinajstić information content (AvgIpc) is 2.85. The van der Waals surface area contributed by atoms with Crippen LogP contribution in [0.1, 0.15) is 61.3 Å². The van der Waals surface area contributed by atoms with E-state index in [-0.39, 0.29) is 23.4 Å². The van der Waals surface area contributed by atoms with E-state index in [0.29, 0.717) is 6.42 Å². The Hall–Kier alpha value is -2.09. The smallest absolute Gasteiger partial charge is 0.122 e. The van der Waals surface area contributed by atoms with Gasteiger partial charge in [-0.3, -0.25) is 0 Å². The number of aldehydes is 1. The predicted molar refractivity (Wildman–Crippen MR) is 123 cm³/mol. The summed E-state index contributed by atoms with van der Waals surface area (Å²) in [6, 6.07) is 0.342. The Bertz CT molecular complexity index is 702. The quantitative estimate of drug-likeness (QED) is 0.249. The number of likely N-dealkylation sites (tertiary alicyclic amines) is 1. The Morgan fingerprint density at radius 1 is 1.32 bits per heavy atom. The monoisotopic (exact) mass is 381 g/mol. The summed E-state index contributed by atoms with van der Waals surface area (Å²) >= 11 is 0. The highest BCUT2D eigenvalue weighted by molar-refractivity contribution is 5.53. The van der Waals surface area contributed by atoms with Crippen LogP contribution in [-0.2, 0) is 4.79 Å². The molecule has 1 rings (SSSR count). The lowest BCUT2D eigenvalue weighted by atomic mass is 9.76. The predicted octanol–water partition coefficient (Wildman–Crippen LogP) is 6.80. The summed E-state index contributed by atoms with van der Waals surface area (Å²) < 4.78 is 0. The molecule has 1 aliphatic rings. The van der Waals surface area contributed by atoms with Crippen molar-refractivity contribution in [2.75, 3.05) is 0 Å². The molecule has 0 aromatic carbocycles. The molecule has 0 N–H and O–H groups in total. The first-order valence-electron chi connectivity index (χ1n) is 10.4. The van der Waals surface area contributed by atoms with Gasteiger partial charge in [-0.05, 0) is 56.8 Å². The third kappa shape index (κ3) is 5.04. The van der Waals surface area contributed by atoms with Crippen molar-refractivity contribution < 1.29 is 4.79 Å². The summed E-state index contributed by atoms with van der Waals surface area (Å²) in [5, 5.41) is 0. The van der Waals surface area contributed by atoms with Gasteiger partial charge in [-0.15, -0.1) is 0 Å². The maximum atomic E-state index is 11.6. The van der Waals surface area contributed by atoms with Crippen LogP contribution < -0.4 is 0 Å². The molecule has 1 aliphatic heterocycles. The van der Waals surface area contributed by atoms with Crippen molar-refractivity contribution in [3.05, 3.63) is 72.0 Å². The highest BCUT2D eigenvalue weighted by Gasteiger charge is 2.48. The highest BCUT2D eigenvalue weighted by Crippen LogP contribution is 2.49. The number of allylic oxidation sites excluding steroid dienone is 8. The van der Waals surface area contributed by atoms with Crippen LogP contribution in [0.5, 0.6) is 0 Å². The molecule has 3 atom stereocenters. The highest BCUT2D eigenvalue weighted by atomic mass is 16.1. The van der Waals surface area contributed by atoms with E-state index in [0.717, 1.165) is 18.3 Å². The Kier molecular flexibility index (Phi) is 8.94. The van der Waals surface area contributed by atoms with E-state index >= 15 is 0 Å². The average molecular weight is 382 g/mol. The number of hydrogen-bond donors (Lipinski definition) is 0. The van der Waals surface area contributed by atoms with Gasteiger partial charge >= 0.3 is 0 Å². The van der Waals surface area contributed by atoms with E-state index in [4.69, 9.17) is 0 Å². The Labute approximate surface area is 173 Å². The molecular formula is C26H39NO. The van der Waals surface area contributed by atoms with Crippen LogP contribution >= 0.6 is 0 Å². The zero-order chi connectivity index (χ0) is 21.5. The van der Waals surface area contributed by atoms with E-state index in [1.807, 2.05) is 13.0 Å². The molecule has 28 heavy (non-hydrogen) atoms. The SMILES string of the molecule is C=CC(=C)C(C)/C=C1/[C@H](C)N(C(=C/C/C=C\C)/C(C)=C\C)C(CC=O)C1(C)C. The third-order valence-electron chi connectivity index (χ3n) is 6.17. The molecule has 2 nitrogen and oxygen atoms in total. The maximum Gasteiger partial charge on any atom is 0.122 e.